The molecule has 2 amide bonds. The van der Waals surface area contributed by atoms with E-state index in [1.54, 1.807) is 58.7 Å². The first-order valence-corrected chi connectivity index (χ1v) is 11.9. The van der Waals surface area contributed by atoms with Crippen LogP contribution in [0.25, 0.3) is 0 Å². The number of aryl methyl sites for hydroxylation is 1. The van der Waals surface area contributed by atoms with Gasteiger partial charge >= 0.3 is 0 Å². The molecular formula is C29H31N3O5. The Hall–Kier alpha value is -4.33. The molecule has 0 aromatic heterocycles. The van der Waals surface area contributed by atoms with Gasteiger partial charge in [0.25, 0.3) is 11.8 Å². The number of rotatable bonds is 8. The molecule has 0 aliphatic carbocycles. The van der Waals surface area contributed by atoms with E-state index in [1.165, 1.54) is 9.91 Å². The number of hydrazone groups is 1. The Bertz CT molecular complexity index is 1300. The topological polar surface area (TPSA) is 80.7 Å². The molecule has 8 heteroatoms. The number of carbonyl (C=O) groups is 2. The number of amides is 2. The summed E-state index contributed by atoms with van der Waals surface area (Å²) in [5, 5.41) is 6.22. The second-order valence-corrected chi connectivity index (χ2v) is 8.87. The number of benzene rings is 3. The Morgan fingerprint density at radius 1 is 0.919 bits per heavy atom. The van der Waals surface area contributed by atoms with Gasteiger partial charge in [-0.15, -0.1) is 0 Å². The van der Waals surface area contributed by atoms with Gasteiger partial charge in [0.1, 0.15) is 23.8 Å². The fraction of sp³-hybridized carbons (Fsp3) is 0.276. The summed E-state index contributed by atoms with van der Waals surface area (Å²) >= 11 is 0. The SMILES string of the molecule is COc1ccc(C(=O)N(C)CC(=O)N2N=C(c3ccc(OC)cc3OC)CC2c2ccc(C)cc2)cc1. The molecule has 8 nitrogen and oxygen atoms in total. The molecule has 1 unspecified atom stereocenters. The second kappa shape index (κ2) is 11.2. The molecular weight excluding hydrogens is 470 g/mol. The summed E-state index contributed by atoms with van der Waals surface area (Å²) in [7, 11) is 6.37. The van der Waals surface area contributed by atoms with Crippen LogP contribution in [0.2, 0.25) is 0 Å². The average Bonchev–Trinajstić information content (AvgIpc) is 3.38. The van der Waals surface area contributed by atoms with Crippen molar-refractivity contribution in [1.82, 2.24) is 9.91 Å². The highest BCUT2D eigenvalue weighted by molar-refractivity contribution is 6.05. The van der Waals surface area contributed by atoms with Gasteiger partial charge in [0, 0.05) is 30.7 Å². The fourth-order valence-corrected chi connectivity index (χ4v) is 4.29. The van der Waals surface area contributed by atoms with Gasteiger partial charge in [0.2, 0.25) is 0 Å². The summed E-state index contributed by atoms with van der Waals surface area (Å²) in [4.78, 5) is 27.9. The predicted molar refractivity (Wildman–Crippen MR) is 141 cm³/mol. The summed E-state index contributed by atoms with van der Waals surface area (Å²) < 4.78 is 16.1. The summed E-state index contributed by atoms with van der Waals surface area (Å²) in [6, 6.07) is 20.1. The number of ether oxygens (including phenoxy) is 3. The van der Waals surface area contributed by atoms with Gasteiger partial charge in [-0.2, -0.15) is 5.10 Å². The Balaban J connectivity index is 1.61. The van der Waals surface area contributed by atoms with Crippen molar-refractivity contribution in [2.45, 2.75) is 19.4 Å². The summed E-state index contributed by atoms with van der Waals surface area (Å²) in [5.41, 5.74) is 4.08. The molecule has 37 heavy (non-hydrogen) atoms. The third kappa shape index (κ3) is 5.58. The van der Waals surface area contributed by atoms with Crippen LogP contribution in [0.4, 0.5) is 0 Å². The van der Waals surface area contributed by atoms with Crippen molar-refractivity contribution in [3.63, 3.8) is 0 Å². The second-order valence-electron chi connectivity index (χ2n) is 8.87. The van der Waals surface area contributed by atoms with Gasteiger partial charge in [0.15, 0.2) is 0 Å². The zero-order chi connectivity index (χ0) is 26.5. The standard InChI is InChI=1S/C29H31N3O5/c1-19-6-8-20(9-7-19)26-17-25(24-15-14-23(36-4)16-27(24)37-5)30-32(26)28(33)18-31(2)29(34)21-10-12-22(35-3)13-11-21/h6-16,26H,17-18H2,1-5H3. The predicted octanol–water partition coefficient (Wildman–Crippen LogP) is 4.47. The lowest BCUT2D eigenvalue weighted by molar-refractivity contribution is -0.133. The van der Waals surface area contributed by atoms with Crippen molar-refractivity contribution in [2.24, 2.45) is 5.10 Å². The largest absolute Gasteiger partial charge is 0.497 e. The first-order valence-electron chi connectivity index (χ1n) is 11.9. The molecule has 0 radical (unpaired) electrons. The quantitative estimate of drug-likeness (QED) is 0.455. The van der Waals surface area contributed by atoms with Crippen LogP contribution in [0.15, 0.2) is 71.8 Å². The monoisotopic (exact) mass is 501 g/mol. The maximum atomic E-state index is 13.5. The average molecular weight is 502 g/mol. The van der Waals surface area contributed by atoms with Gasteiger partial charge in [-0.1, -0.05) is 29.8 Å². The Morgan fingerprint density at radius 3 is 2.19 bits per heavy atom. The van der Waals surface area contributed by atoms with Gasteiger partial charge in [-0.3, -0.25) is 9.59 Å². The molecule has 0 fully saturated rings. The van der Waals surface area contributed by atoms with Crippen LogP contribution >= 0.6 is 0 Å². The smallest absolute Gasteiger partial charge is 0.262 e. The van der Waals surface area contributed by atoms with E-state index >= 15 is 0 Å². The van der Waals surface area contributed by atoms with Crippen molar-refractivity contribution in [3.05, 3.63) is 89.0 Å². The zero-order valence-corrected chi connectivity index (χ0v) is 21.7. The first-order chi connectivity index (χ1) is 17.8. The van der Waals surface area contributed by atoms with E-state index in [0.717, 1.165) is 22.4 Å². The molecule has 0 N–H and O–H groups in total. The van der Waals surface area contributed by atoms with Gasteiger partial charge in [-0.05, 0) is 48.9 Å². The fourth-order valence-electron chi connectivity index (χ4n) is 4.29. The summed E-state index contributed by atoms with van der Waals surface area (Å²) in [6.07, 6.45) is 0.508. The van der Waals surface area contributed by atoms with Crippen LogP contribution < -0.4 is 14.2 Å². The number of hydrogen-bond acceptors (Lipinski definition) is 6. The van der Waals surface area contributed by atoms with Crippen molar-refractivity contribution >= 4 is 17.5 Å². The molecule has 3 aromatic rings. The molecule has 1 atom stereocenters. The molecule has 3 aromatic carbocycles. The van der Waals surface area contributed by atoms with Gasteiger partial charge in [0.05, 0.1) is 33.1 Å². The minimum absolute atomic E-state index is 0.121. The highest BCUT2D eigenvalue weighted by Crippen LogP contribution is 2.36. The normalized spacial score (nSPS) is 14.7. The third-order valence-electron chi connectivity index (χ3n) is 6.40. The van der Waals surface area contributed by atoms with E-state index in [4.69, 9.17) is 19.3 Å². The number of nitrogens with zero attached hydrogens (tertiary/aromatic N) is 3. The summed E-state index contributed by atoms with van der Waals surface area (Å²) in [6.45, 7) is 1.90. The van der Waals surface area contributed by atoms with Crippen LogP contribution in [0, 0.1) is 6.92 Å². The Kier molecular flexibility index (Phi) is 7.77. The van der Waals surface area contributed by atoms with Crippen LogP contribution in [0.3, 0.4) is 0 Å². The lowest BCUT2D eigenvalue weighted by Crippen LogP contribution is -2.39. The number of methoxy groups -OCH3 is 3. The molecule has 1 aliphatic heterocycles. The van der Waals surface area contributed by atoms with Crippen LogP contribution in [-0.2, 0) is 4.79 Å². The minimum Gasteiger partial charge on any atom is -0.497 e. The van der Waals surface area contributed by atoms with Crippen molar-refractivity contribution < 1.29 is 23.8 Å². The lowest BCUT2D eigenvalue weighted by Gasteiger charge is -2.25. The molecule has 1 aliphatic rings. The number of hydrogen-bond donors (Lipinski definition) is 0. The van der Waals surface area contributed by atoms with E-state index < -0.39 is 0 Å². The molecule has 0 spiro atoms. The highest BCUT2D eigenvalue weighted by atomic mass is 16.5. The Morgan fingerprint density at radius 2 is 1.57 bits per heavy atom. The van der Waals surface area contributed by atoms with E-state index in [2.05, 4.69) is 0 Å². The molecule has 192 valence electrons. The van der Waals surface area contributed by atoms with Gasteiger partial charge < -0.3 is 19.1 Å². The Labute approximate surface area is 217 Å². The number of carbonyl (C=O) groups excluding carboxylic acids is 2. The van der Waals surface area contributed by atoms with Crippen molar-refractivity contribution in [3.8, 4) is 17.2 Å². The van der Waals surface area contributed by atoms with Crippen LogP contribution in [-0.4, -0.2) is 62.4 Å². The van der Waals surface area contributed by atoms with Crippen molar-refractivity contribution in [2.75, 3.05) is 34.9 Å². The van der Waals surface area contributed by atoms with Crippen molar-refractivity contribution in [1.29, 1.82) is 0 Å². The van der Waals surface area contributed by atoms with Gasteiger partial charge in [-0.25, -0.2) is 5.01 Å². The van der Waals surface area contributed by atoms with Crippen LogP contribution in [0.1, 0.15) is 39.5 Å². The molecule has 4 rings (SSSR count). The summed E-state index contributed by atoms with van der Waals surface area (Å²) in [5.74, 6) is 1.40. The van der Waals surface area contributed by atoms with E-state index in [0.29, 0.717) is 29.2 Å². The molecule has 0 saturated heterocycles. The maximum absolute atomic E-state index is 13.5. The lowest BCUT2D eigenvalue weighted by atomic mass is 9.97. The first kappa shape index (κ1) is 25.8. The number of likely N-dealkylation sites (N-methyl/N-ethyl adjacent to an activating group) is 1. The maximum Gasteiger partial charge on any atom is 0.262 e. The van der Waals surface area contributed by atoms with E-state index in [-0.39, 0.29) is 24.4 Å². The highest BCUT2D eigenvalue weighted by Gasteiger charge is 2.35. The van der Waals surface area contributed by atoms with E-state index in [1.807, 2.05) is 43.3 Å². The van der Waals surface area contributed by atoms with E-state index in [9.17, 15) is 9.59 Å². The molecule has 0 bridgehead atoms. The molecule has 0 saturated carbocycles. The minimum atomic E-state index is -0.306. The zero-order valence-electron chi connectivity index (χ0n) is 21.7. The van der Waals surface area contributed by atoms with Crippen LogP contribution in [0.5, 0.6) is 17.2 Å². The molecule has 1 heterocycles. The third-order valence-corrected chi connectivity index (χ3v) is 6.40.